The first-order valence-corrected chi connectivity index (χ1v) is 5.73. The molecule has 2 N–H and O–H groups in total. The average molecular weight is 247 g/mol. The van der Waals surface area contributed by atoms with Crippen LogP contribution in [0.4, 0.5) is 0 Å². The number of carbonyl (C=O) groups excluding carboxylic acids is 1. The van der Waals surface area contributed by atoms with E-state index in [0.29, 0.717) is 25.5 Å². The van der Waals surface area contributed by atoms with Gasteiger partial charge in [-0.2, -0.15) is 10.2 Å². The van der Waals surface area contributed by atoms with E-state index >= 15 is 0 Å². The van der Waals surface area contributed by atoms with Gasteiger partial charge in [0.05, 0.1) is 24.9 Å². The molecule has 2 aromatic rings. The Bertz CT molecular complexity index is 508. The summed E-state index contributed by atoms with van der Waals surface area (Å²) in [6.45, 7) is 1.58. The molecule has 0 saturated carbocycles. The molecule has 1 amide bonds. The molecule has 0 radical (unpaired) electrons. The second kappa shape index (κ2) is 4.61. The lowest BCUT2D eigenvalue weighted by Gasteiger charge is -2.34. The Balaban J connectivity index is 1.86. The number of amides is 1. The van der Waals surface area contributed by atoms with E-state index in [0.717, 1.165) is 5.69 Å². The van der Waals surface area contributed by atoms with Crippen LogP contribution in [0.15, 0.2) is 24.5 Å². The maximum Gasteiger partial charge on any atom is 0.272 e. The molecule has 3 heterocycles. The van der Waals surface area contributed by atoms with Crippen molar-refractivity contribution >= 4 is 5.91 Å². The lowest BCUT2D eigenvalue weighted by molar-refractivity contribution is -0.00422. The van der Waals surface area contributed by atoms with Crippen LogP contribution in [0.2, 0.25) is 0 Å². The number of carbonyl (C=O) groups is 1. The van der Waals surface area contributed by atoms with Gasteiger partial charge in [0.15, 0.2) is 0 Å². The average Bonchev–Trinajstić information content (AvgIpc) is 3.11. The fourth-order valence-electron chi connectivity index (χ4n) is 2.09. The van der Waals surface area contributed by atoms with Gasteiger partial charge in [0.25, 0.3) is 5.91 Å². The van der Waals surface area contributed by atoms with Crippen molar-refractivity contribution in [1.29, 1.82) is 0 Å². The third-order valence-electron chi connectivity index (χ3n) is 3.00. The Morgan fingerprint density at radius 1 is 1.33 bits per heavy atom. The highest BCUT2D eigenvalue weighted by Gasteiger charge is 2.30. The zero-order valence-corrected chi connectivity index (χ0v) is 9.67. The Hall–Kier alpha value is -2.15. The van der Waals surface area contributed by atoms with Gasteiger partial charge in [-0.1, -0.05) is 0 Å². The van der Waals surface area contributed by atoms with Crippen molar-refractivity contribution in [1.82, 2.24) is 25.3 Å². The van der Waals surface area contributed by atoms with Gasteiger partial charge in [-0.15, -0.1) is 0 Å². The molecular formula is C11H13N5O2. The molecule has 7 heteroatoms. The van der Waals surface area contributed by atoms with Gasteiger partial charge in [0.1, 0.15) is 5.69 Å². The highest BCUT2D eigenvalue weighted by molar-refractivity contribution is 5.92. The molecule has 1 aliphatic heterocycles. The van der Waals surface area contributed by atoms with E-state index in [2.05, 4.69) is 20.4 Å². The van der Waals surface area contributed by atoms with E-state index in [4.69, 9.17) is 4.74 Å². The van der Waals surface area contributed by atoms with Crippen molar-refractivity contribution in [2.24, 2.45) is 0 Å². The predicted molar refractivity (Wildman–Crippen MR) is 61.8 cm³/mol. The molecule has 0 spiro atoms. The predicted octanol–water partition coefficient (Wildman–Crippen LogP) is 0.346. The second-order valence-electron chi connectivity index (χ2n) is 4.07. The van der Waals surface area contributed by atoms with Crippen molar-refractivity contribution in [2.75, 3.05) is 19.8 Å². The van der Waals surface area contributed by atoms with E-state index in [1.165, 1.54) is 0 Å². The van der Waals surface area contributed by atoms with Crippen molar-refractivity contribution in [3.05, 3.63) is 35.9 Å². The fourth-order valence-corrected chi connectivity index (χ4v) is 2.09. The number of hydrogen-bond donors (Lipinski definition) is 2. The lowest BCUT2D eigenvalue weighted by Crippen LogP contribution is -2.43. The number of nitrogens with one attached hydrogen (secondary N) is 2. The molecule has 94 valence electrons. The number of aromatic nitrogens is 4. The minimum Gasteiger partial charge on any atom is -0.377 e. The monoisotopic (exact) mass is 247 g/mol. The van der Waals surface area contributed by atoms with Crippen LogP contribution in [0.1, 0.15) is 22.2 Å². The smallest absolute Gasteiger partial charge is 0.272 e. The van der Waals surface area contributed by atoms with Crippen LogP contribution in [0.3, 0.4) is 0 Å². The number of aromatic amines is 2. The maximum atomic E-state index is 12.3. The fraction of sp³-hybridized carbons (Fsp3) is 0.364. The molecule has 1 fully saturated rings. The van der Waals surface area contributed by atoms with Crippen LogP contribution in [-0.4, -0.2) is 51.0 Å². The van der Waals surface area contributed by atoms with Crippen LogP contribution < -0.4 is 0 Å². The number of morpholine rings is 1. The first kappa shape index (κ1) is 11.0. The standard InChI is InChI=1S/C11H13N5O2/c17-11(9-2-4-13-15-9)16-5-6-18-7-10(16)8-1-3-12-14-8/h1-4,10H,5-7H2,(H,12,14)(H,13,15). The number of H-pyrrole nitrogens is 2. The molecule has 0 bridgehead atoms. The molecule has 0 aromatic carbocycles. The molecule has 2 aromatic heterocycles. The summed E-state index contributed by atoms with van der Waals surface area (Å²) in [6, 6.07) is 3.39. The summed E-state index contributed by atoms with van der Waals surface area (Å²) in [5.74, 6) is -0.0737. The first-order chi connectivity index (χ1) is 8.86. The number of hydrogen-bond acceptors (Lipinski definition) is 4. The van der Waals surface area contributed by atoms with Crippen molar-refractivity contribution in [3.63, 3.8) is 0 Å². The molecule has 18 heavy (non-hydrogen) atoms. The lowest BCUT2D eigenvalue weighted by atomic mass is 10.1. The maximum absolute atomic E-state index is 12.3. The summed E-state index contributed by atoms with van der Waals surface area (Å²) in [7, 11) is 0. The van der Waals surface area contributed by atoms with Gasteiger partial charge in [0.2, 0.25) is 0 Å². The Labute approximate surface area is 103 Å². The van der Waals surface area contributed by atoms with Crippen LogP contribution >= 0.6 is 0 Å². The summed E-state index contributed by atoms with van der Waals surface area (Å²) >= 11 is 0. The Kier molecular flexibility index (Phi) is 2.81. The molecule has 3 rings (SSSR count). The van der Waals surface area contributed by atoms with Crippen molar-refractivity contribution < 1.29 is 9.53 Å². The largest absolute Gasteiger partial charge is 0.377 e. The summed E-state index contributed by atoms with van der Waals surface area (Å²) in [5.41, 5.74) is 1.36. The van der Waals surface area contributed by atoms with E-state index < -0.39 is 0 Å². The van der Waals surface area contributed by atoms with Gasteiger partial charge in [-0.25, -0.2) is 0 Å². The SMILES string of the molecule is O=C(c1ccn[nH]1)N1CCOCC1c1ccn[nH]1. The molecule has 1 atom stereocenters. The molecule has 1 aliphatic rings. The van der Waals surface area contributed by atoms with E-state index in [-0.39, 0.29) is 11.9 Å². The van der Waals surface area contributed by atoms with Crippen LogP contribution in [0.25, 0.3) is 0 Å². The van der Waals surface area contributed by atoms with Gasteiger partial charge in [0, 0.05) is 18.9 Å². The summed E-state index contributed by atoms with van der Waals surface area (Å²) in [4.78, 5) is 14.1. The summed E-state index contributed by atoms with van der Waals surface area (Å²) in [6.07, 6.45) is 3.24. The molecule has 1 saturated heterocycles. The van der Waals surface area contributed by atoms with Gasteiger partial charge in [-0.3, -0.25) is 15.0 Å². The first-order valence-electron chi connectivity index (χ1n) is 5.73. The van der Waals surface area contributed by atoms with Crippen LogP contribution in [0, 0.1) is 0 Å². The van der Waals surface area contributed by atoms with Gasteiger partial charge >= 0.3 is 0 Å². The van der Waals surface area contributed by atoms with Gasteiger partial charge in [-0.05, 0) is 12.1 Å². The third kappa shape index (κ3) is 1.88. The minimum atomic E-state index is -0.128. The highest BCUT2D eigenvalue weighted by Crippen LogP contribution is 2.23. The summed E-state index contributed by atoms with van der Waals surface area (Å²) < 4.78 is 5.44. The Morgan fingerprint density at radius 2 is 2.17 bits per heavy atom. The quantitative estimate of drug-likeness (QED) is 0.801. The zero-order valence-electron chi connectivity index (χ0n) is 9.67. The number of nitrogens with zero attached hydrogens (tertiary/aromatic N) is 3. The van der Waals surface area contributed by atoms with Gasteiger partial charge < -0.3 is 9.64 Å². The zero-order chi connectivity index (χ0) is 12.4. The number of ether oxygens (including phenoxy) is 1. The molecular weight excluding hydrogens is 234 g/mol. The highest BCUT2D eigenvalue weighted by atomic mass is 16.5. The van der Waals surface area contributed by atoms with Crippen LogP contribution in [0.5, 0.6) is 0 Å². The topological polar surface area (TPSA) is 86.9 Å². The molecule has 1 unspecified atom stereocenters. The normalized spacial score (nSPS) is 20.0. The Morgan fingerprint density at radius 3 is 2.89 bits per heavy atom. The third-order valence-corrected chi connectivity index (χ3v) is 3.00. The van der Waals surface area contributed by atoms with E-state index in [1.807, 2.05) is 6.07 Å². The van der Waals surface area contributed by atoms with E-state index in [1.54, 1.807) is 23.4 Å². The van der Waals surface area contributed by atoms with Crippen LogP contribution in [-0.2, 0) is 4.74 Å². The molecule has 0 aliphatic carbocycles. The molecule has 7 nitrogen and oxygen atoms in total. The van der Waals surface area contributed by atoms with Crippen molar-refractivity contribution in [3.8, 4) is 0 Å². The van der Waals surface area contributed by atoms with E-state index in [9.17, 15) is 4.79 Å². The second-order valence-corrected chi connectivity index (χ2v) is 4.07. The minimum absolute atomic E-state index is 0.0737. The number of rotatable bonds is 2. The van der Waals surface area contributed by atoms with Crippen molar-refractivity contribution in [2.45, 2.75) is 6.04 Å². The summed E-state index contributed by atoms with van der Waals surface area (Å²) in [5, 5.41) is 13.3.